The molecule has 0 atom stereocenters. The fourth-order valence-electron chi connectivity index (χ4n) is 2.50. The van der Waals surface area contributed by atoms with Gasteiger partial charge in [0.2, 0.25) is 5.88 Å². The maximum atomic E-state index is 10.5. The Morgan fingerprint density at radius 1 is 0.875 bits per heavy atom. The topological polar surface area (TPSA) is 71.2 Å². The zero-order chi connectivity index (χ0) is 17.4. The van der Waals surface area contributed by atoms with Crippen molar-refractivity contribution < 1.29 is 10.2 Å². The molecule has 0 aliphatic heterocycles. The van der Waals surface area contributed by atoms with Crippen molar-refractivity contribution in [2.75, 3.05) is 0 Å². The van der Waals surface area contributed by atoms with Gasteiger partial charge in [0.25, 0.3) is 0 Å². The Bertz CT molecular complexity index is 899. The van der Waals surface area contributed by atoms with E-state index in [0.29, 0.717) is 15.7 Å². The van der Waals surface area contributed by atoms with Crippen LogP contribution >= 0.6 is 11.8 Å². The van der Waals surface area contributed by atoms with E-state index in [1.807, 2.05) is 52.0 Å². The Kier molecular flexibility index (Phi) is 4.24. The third-order valence-corrected chi connectivity index (χ3v) is 4.72. The Morgan fingerprint density at radius 3 is 2.17 bits per heavy atom. The molecule has 3 rings (SSSR count). The highest BCUT2D eigenvalue weighted by Crippen LogP contribution is 2.40. The third kappa shape index (κ3) is 3.10. The molecule has 0 bridgehead atoms. The van der Waals surface area contributed by atoms with Crippen molar-refractivity contribution in [2.24, 2.45) is 0 Å². The number of aryl methyl sites for hydroxylation is 4. The van der Waals surface area contributed by atoms with Gasteiger partial charge in [0, 0.05) is 17.5 Å². The average Bonchev–Trinajstić information content (AvgIpc) is 2.75. The monoisotopic (exact) mass is 341 g/mol. The molecule has 5 nitrogen and oxygen atoms in total. The van der Waals surface area contributed by atoms with Gasteiger partial charge in [0.05, 0.1) is 10.6 Å². The summed E-state index contributed by atoms with van der Waals surface area (Å²) >= 11 is 1.23. The first-order chi connectivity index (χ1) is 11.3. The fourth-order valence-corrected chi connectivity index (χ4v) is 3.42. The molecule has 0 aliphatic rings. The predicted octanol–water partition coefficient (Wildman–Crippen LogP) is 4.06. The van der Waals surface area contributed by atoms with Gasteiger partial charge in [-0.2, -0.15) is 0 Å². The van der Waals surface area contributed by atoms with E-state index in [-0.39, 0.29) is 11.8 Å². The molecule has 24 heavy (non-hydrogen) atoms. The van der Waals surface area contributed by atoms with Gasteiger partial charge in [-0.1, -0.05) is 6.07 Å². The van der Waals surface area contributed by atoms with Crippen molar-refractivity contribution in [3.05, 3.63) is 52.8 Å². The van der Waals surface area contributed by atoms with Crippen LogP contribution in [0, 0.1) is 27.7 Å². The molecule has 0 aliphatic carbocycles. The summed E-state index contributed by atoms with van der Waals surface area (Å²) in [6, 6.07) is 9.17. The van der Waals surface area contributed by atoms with E-state index in [2.05, 4.69) is 9.97 Å². The van der Waals surface area contributed by atoms with Crippen LogP contribution in [-0.4, -0.2) is 24.7 Å². The number of aromatic nitrogens is 3. The smallest absolute Gasteiger partial charge is 0.213 e. The van der Waals surface area contributed by atoms with Crippen LogP contribution in [-0.2, 0) is 0 Å². The van der Waals surface area contributed by atoms with E-state index < -0.39 is 0 Å². The molecular weight excluding hydrogens is 322 g/mol. The quantitative estimate of drug-likeness (QED) is 0.703. The molecule has 1 aromatic carbocycles. The van der Waals surface area contributed by atoms with Crippen LogP contribution in [0.5, 0.6) is 11.8 Å². The van der Waals surface area contributed by atoms with E-state index in [0.717, 1.165) is 22.5 Å². The highest BCUT2D eigenvalue weighted by molar-refractivity contribution is 7.99. The zero-order valence-corrected chi connectivity index (χ0v) is 14.8. The Hall–Kier alpha value is -2.47. The minimum atomic E-state index is -0.0253. The molecule has 0 radical (unpaired) electrons. The lowest BCUT2D eigenvalue weighted by Crippen LogP contribution is -1.95. The predicted molar refractivity (Wildman–Crippen MR) is 94.2 cm³/mol. The van der Waals surface area contributed by atoms with Crippen LogP contribution in [0.2, 0.25) is 0 Å². The molecule has 0 saturated carbocycles. The maximum absolute atomic E-state index is 10.5. The molecule has 6 heteroatoms. The lowest BCUT2D eigenvalue weighted by atomic mass is 10.1. The van der Waals surface area contributed by atoms with Crippen LogP contribution in [0.1, 0.15) is 22.5 Å². The SMILES string of the molecule is Cc1cc(C)nc(Sc2cc(O)n(-c3ccc(C)c(C)c3)c2O)n1. The molecule has 124 valence electrons. The van der Waals surface area contributed by atoms with E-state index in [1.165, 1.54) is 22.4 Å². The van der Waals surface area contributed by atoms with Crippen molar-refractivity contribution in [2.45, 2.75) is 37.7 Å². The maximum Gasteiger partial charge on any atom is 0.213 e. The van der Waals surface area contributed by atoms with Gasteiger partial charge in [-0.15, -0.1) is 0 Å². The summed E-state index contributed by atoms with van der Waals surface area (Å²) in [5, 5.41) is 21.4. The van der Waals surface area contributed by atoms with Gasteiger partial charge >= 0.3 is 0 Å². The van der Waals surface area contributed by atoms with Crippen molar-refractivity contribution in [3.8, 4) is 17.4 Å². The molecule has 0 saturated heterocycles. The highest BCUT2D eigenvalue weighted by Gasteiger charge is 2.18. The van der Waals surface area contributed by atoms with Crippen molar-refractivity contribution in [1.82, 2.24) is 14.5 Å². The summed E-state index contributed by atoms with van der Waals surface area (Å²) in [5.41, 5.74) is 4.68. The van der Waals surface area contributed by atoms with E-state index in [9.17, 15) is 10.2 Å². The summed E-state index contributed by atoms with van der Waals surface area (Å²) in [6.07, 6.45) is 0. The second kappa shape index (κ2) is 6.20. The van der Waals surface area contributed by atoms with Crippen LogP contribution in [0.4, 0.5) is 0 Å². The number of hydrogen-bond acceptors (Lipinski definition) is 5. The number of benzene rings is 1. The fraction of sp³-hybridized carbons (Fsp3) is 0.222. The summed E-state index contributed by atoms with van der Waals surface area (Å²) in [7, 11) is 0. The summed E-state index contributed by atoms with van der Waals surface area (Å²) in [5.74, 6) is -0.0499. The summed E-state index contributed by atoms with van der Waals surface area (Å²) in [6.45, 7) is 7.81. The second-order valence-electron chi connectivity index (χ2n) is 5.83. The zero-order valence-electron chi connectivity index (χ0n) is 14.0. The van der Waals surface area contributed by atoms with E-state index in [1.54, 1.807) is 0 Å². The molecule has 3 aromatic rings. The third-order valence-electron chi connectivity index (χ3n) is 3.83. The molecule has 2 aromatic heterocycles. The molecular formula is C18H19N3O2S. The lowest BCUT2D eigenvalue weighted by molar-refractivity contribution is 0.398. The summed E-state index contributed by atoms with van der Waals surface area (Å²) in [4.78, 5) is 9.23. The molecule has 0 unspecified atom stereocenters. The molecule has 0 amide bonds. The first kappa shape index (κ1) is 16.4. The lowest BCUT2D eigenvalue weighted by Gasteiger charge is -2.09. The van der Waals surface area contributed by atoms with Gasteiger partial charge in [-0.25, -0.2) is 9.97 Å². The molecule has 2 N–H and O–H groups in total. The standard InChI is InChI=1S/C18H19N3O2S/c1-10-5-6-14(7-11(10)2)21-16(22)9-15(17(21)23)24-18-19-12(3)8-13(4)20-18/h5-9,22-23H,1-4H3. The van der Waals surface area contributed by atoms with E-state index in [4.69, 9.17) is 0 Å². The van der Waals surface area contributed by atoms with Crippen LogP contribution in [0.25, 0.3) is 5.69 Å². The summed E-state index contributed by atoms with van der Waals surface area (Å²) < 4.78 is 1.41. The van der Waals surface area contributed by atoms with Gasteiger partial charge < -0.3 is 10.2 Å². The number of hydrogen-bond donors (Lipinski definition) is 2. The van der Waals surface area contributed by atoms with Crippen molar-refractivity contribution in [1.29, 1.82) is 0 Å². The Labute approximate surface area is 145 Å². The number of aromatic hydroxyl groups is 2. The average molecular weight is 341 g/mol. The molecule has 2 heterocycles. The van der Waals surface area contributed by atoms with Crippen LogP contribution < -0.4 is 0 Å². The minimum Gasteiger partial charge on any atom is -0.494 e. The molecule has 0 spiro atoms. The van der Waals surface area contributed by atoms with Gasteiger partial charge in [0.1, 0.15) is 0 Å². The number of rotatable bonds is 3. The van der Waals surface area contributed by atoms with Crippen molar-refractivity contribution in [3.63, 3.8) is 0 Å². The first-order valence-electron chi connectivity index (χ1n) is 7.56. The minimum absolute atomic E-state index is 0.0245. The van der Waals surface area contributed by atoms with Gasteiger partial charge in [0.15, 0.2) is 11.0 Å². The van der Waals surface area contributed by atoms with Crippen LogP contribution in [0.15, 0.2) is 40.4 Å². The first-order valence-corrected chi connectivity index (χ1v) is 8.38. The van der Waals surface area contributed by atoms with Gasteiger partial charge in [-0.05, 0) is 68.8 Å². The van der Waals surface area contributed by atoms with Crippen LogP contribution in [0.3, 0.4) is 0 Å². The normalized spacial score (nSPS) is 11.0. The number of nitrogens with zero attached hydrogens (tertiary/aromatic N) is 3. The second-order valence-corrected chi connectivity index (χ2v) is 6.84. The molecule has 0 fully saturated rings. The van der Waals surface area contributed by atoms with E-state index >= 15 is 0 Å². The van der Waals surface area contributed by atoms with Gasteiger partial charge in [-0.3, -0.25) is 4.57 Å². The van der Waals surface area contributed by atoms with Crippen molar-refractivity contribution >= 4 is 11.8 Å². The highest BCUT2D eigenvalue weighted by atomic mass is 32.2. The Morgan fingerprint density at radius 2 is 1.54 bits per heavy atom. The largest absolute Gasteiger partial charge is 0.494 e. The Balaban J connectivity index is 2.01.